The average molecular weight is 263 g/mol. The normalized spacial score (nSPS) is 10.9. The van der Waals surface area contributed by atoms with E-state index in [1.165, 1.54) is 6.07 Å². The molecule has 2 aromatic rings. The van der Waals surface area contributed by atoms with E-state index in [1.807, 2.05) is 36.4 Å². The smallest absolute Gasteiger partial charge is 0.353 e. The average Bonchev–Trinajstić information content (AvgIpc) is 2.87. The van der Waals surface area contributed by atoms with Crippen molar-refractivity contribution >= 4 is 23.6 Å². The molecule has 92 valence electrons. The number of carbonyl (C=O) groups is 1. The minimum Gasteiger partial charge on any atom is -0.477 e. The summed E-state index contributed by atoms with van der Waals surface area (Å²) in [5, 5.41) is 15.2. The van der Waals surface area contributed by atoms with Crippen molar-refractivity contribution in [2.45, 2.75) is 0 Å². The first-order chi connectivity index (χ1) is 8.70. The maximum atomic E-state index is 10.7. The Balaban J connectivity index is 2.23. The van der Waals surface area contributed by atoms with Gasteiger partial charge in [-0.3, -0.25) is 5.10 Å². The maximum absolute atomic E-state index is 10.7. The van der Waals surface area contributed by atoms with Crippen LogP contribution in [0.3, 0.4) is 0 Å². The monoisotopic (exact) mass is 262 g/mol. The van der Waals surface area contributed by atoms with Crippen LogP contribution in [0.25, 0.3) is 17.3 Å². The Morgan fingerprint density at radius 2 is 2.11 bits per heavy atom. The van der Waals surface area contributed by atoms with Gasteiger partial charge in [-0.05, 0) is 11.6 Å². The van der Waals surface area contributed by atoms with E-state index >= 15 is 0 Å². The minimum absolute atomic E-state index is 0.0797. The molecule has 18 heavy (non-hydrogen) atoms. The molecule has 0 aliphatic carbocycles. The number of carboxylic acid groups (broad SMARTS) is 1. The zero-order valence-electron chi connectivity index (χ0n) is 9.43. The Morgan fingerprint density at radius 1 is 1.39 bits per heavy atom. The zero-order chi connectivity index (χ0) is 13.0. The molecule has 2 N–H and O–H groups in total. The van der Waals surface area contributed by atoms with Crippen LogP contribution in [0.15, 0.2) is 36.4 Å². The molecule has 0 atom stereocenters. The number of allylic oxidation sites excluding steroid dienone is 1. The number of halogens is 1. The van der Waals surface area contributed by atoms with Crippen LogP contribution >= 0.6 is 11.6 Å². The molecule has 1 heterocycles. The molecular formula is C13H11ClN2O2. The van der Waals surface area contributed by atoms with Gasteiger partial charge in [0.15, 0.2) is 0 Å². The fourth-order valence-corrected chi connectivity index (χ4v) is 1.61. The Bertz CT molecular complexity index is 573. The van der Waals surface area contributed by atoms with Crippen molar-refractivity contribution in [3.8, 4) is 11.3 Å². The Kier molecular flexibility index (Phi) is 3.79. The van der Waals surface area contributed by atoms with Gasteiger partial charge >= 0.3 is 5.97 Å². The third kappa shape index (κ3) is 2.78. The molecule has 0 radical (unpaired) electrons. The number of H-pyrrole nitrogens is 1. The number of nitrogens with one attached hydrogen (secondary N) is 1. The van der Waals surface area contributed by atoms with Crippen molar-refractivity contribution in [2.75, 3.05) is 5.88 Å². The number of aromatic carboxylic acids is 1. The maximum Gasteiger partial charge on any atom is 0.353 e. The van der Waals surface area contributed by atoms with Gasteiger partial charge in [-0.25, -0.2) is 4.79 Å². The second-order valence-electron chi connectivity index (χ2n) is 3.65. The predicted octanol–water partition coefficient (Wildman–Crippen LogP) is 3.03. The highest BCUT2D eigenvalue weighted by atomic mass is 35.5. The lowest BCUT2D eigenvalue weighted by atomic mass is 10.1. The number of alkyl halides is 1. The molecule has 0 unspecified atom stereocenters. The highest BCUT2D eigenvalue weighted by Crippen LogP contribution is 2.18. The van der Waals surface area contributed by atoms with Gasteiger partial charge in [0, 0.05) is 11.4 Å². The first-order valence-corrected chi connectivity index (χ1v) is 5.86. The van der Waals surface area contributed by atoms with Gasteiger partial charge in [0.1, 0.15) is 5.69 Å². The van der Waals surface area contributed by atoms with Gasteiger partial charge in [-0.15, -0.1) is 11.6 Å². The molecule has 0 spiro atoms. The van der Waals surface area contributed by atoms with Crippen molar-refractivity contribution in [3.05, 3.63) is 47.7 Å². The molecule has 0 saturated heterocycles. The summed E-state index contributed by atoms with van der Waals surface area (Å²) in [6.45, 7) is 0. The quantitative estimate of drug-likeness (QED) is 0.833. The van der Waals surface area contributed by atoms with Crippen LogP contribution in [0, 0.1) is 0 Å². The molecule has 0 amide bonds. The number of nitrogens with zero attached hydrogens (tertiary/aromatic N) is 1. The van der Waals surface area contributed by atoms with E-state index in [0.717, 1.165) is 11.1 Å². The largest absolute Gasteiger partial charge is 0.477 e. The van der Waals surface area contributed by atoms with Gasteiger partial charge < -0.3 is 5.11 Å². The van der Waals surface area contributed by atoms with Gasteiger partial charge in [0.05, 0.1) is 5.69 Å². The lowest BCUT2D eigenvalue weighted by Crippen LogP contribution is -1.95. The Hall–Kier alpha value is -2.07. The number of rotatable bonds is 4. The van der Waals surface area contributed by atoms with Crippen LogP contribution in [-0.4, -0.2) is 27.2 Å². The number of aromatic nitrogens is 2. The standard InChI is InChI=1S/C13H11ClN2O2/c14-7-1-2-9-3-5-10(6-4-9)11-8-12(13(17)18)16-15-11/h1-6,8H,7H2,(H,15,16)(H,17,18). The van der Waals surface area contributed by atoms with Crippen molar-refractivity contribution in [1.29, 1.82) is 0 Å². The zero-order valence-corrected chi connectivity index (χ0v) is 10.2. The summed E-state index contributed by atoms with van der Waals surface area (Å²) in [7, 11) is 0. The number of hydrogen-bond donors (Lipinski definition) is 2. The molecule has 2 rings (SSSR count). The van der Waals surface area contributed by atoms with Crippen LogP contribution < -0.4 is 0 Å². The SMILES string of the molecule is O=C(O)c1cc(-c2ccc(C=CCCl)cc2)n[nH]1. The third-order valence-electron chi connectivity index (χ3n) is 2.41. The third-order valence-corrected chi connectivity index (χ3v) is 2.59. The molecule has 0 bridgehead atoms. The van der Waals surface area contributed by atoms with Crippen LogP contribution in [0.2, 0.25) is 0 Å². The summed E-state index contributed by atoms with van der Waals surface area (Å²) in [4.78, 5) is 10.7. The molecule has 1 aromatic carbocycles. The summed E-state index contributed by atoms with van der Waals surface area (Å²) >= 11 is 5.55. The highest BCUT2D eigenvalue weighted by molar-refractivity contribution is 6.19. The lowest BCUT2D eigenvalue weighted by molar-refractivity contribution is 0.0690. The van der Waals surface area contributed by atoms with Crippen molar-refractivity contribution < 1.29 is 9.90 Å². The second kappa shape index (κ2) is 5.51. The van der Waals surface area contributed by atoms with E-state index in [4.69, 9.17) is 16.7 Å². The molecule has 0 aliphatic rings. The van der Waals surface area contributed by atoms with E-state index < -0.39 is 5.97 Å². The lowest BCUT2D eigenvalue weighted by Gasteiger charge is -1.97. The number of hydrogen-bond acceptors (Lipinski definition) is 2. The minimum atomic E-state index is -1.02. The fourth-order valence-electron chi connectivity index (χ4n) is 1.52. The fraction of sp³-hybridized carbons (Fsp3) is 0.0769. The highest BCUT2D eigenvalue weighted by Gasteiger charge is 2.08. The van der Waals surface area contributed by atoms with Gasteiger partial charge in [-0.2, -0.15) is 5.10 Å². The number of benzene rings is 1. The first kappa shape index (κ1) is 12.4. The van der Waals surface area contributed by atoms with E-state index in [0.29, 0.717) is 11.6 Å². The first-order valence-electron chi connectivity index (χ1n) is 5.32. The van der Waals surface area contributed by atoms with Gasteiger partial charge in [0.2, 0.25) is 0 Å². The van der Waals surface area contributed by atoms with E-state index in [-0.39, 0.29) is 5.69 Å². The van der Waals surface area contributed by atoms with Crippen molar-refractivity contribution in [3.63, 3.8) is 0 Å². The van der Waals surface area contributed by atoms with Crippen molar-refractivity contribution in [1.82, 2.24) is 10.2 Å². The van der Waals surface area contributed by atoms with Crippen LogP contribution in [0.1, 0.15) is 16.1 Å². The molecule has 0 aliphatic heterocycles. The van der Waals surface area contributed by atoms with Crippen LogP contribution in [0.4, 0.5) is 0 Å². The van der Waals surface area contributed by atoms with Crippen molar-refractivity contribution in [2.24, 2.45) is 0 Å². The van der Waals surface area contributed by atoms with E-state index in [2.05, 4.69) is 10.2 Å². The summed E-state index contributed by atoms with van der Waals surface area (Å²) in [5.74, 6) is -0.543. The Labute approximate surface area is 109 Å². The second-order valence-corrected chi connectivity index (χ2v) is 3.96. The molecule has 5 heteroatoms. The molecule has 4 nitrogen and oxygen atoms in total. The van der Waals surface area contributed by atoms with Crippen LogP contribution in [-0.2, 0) is 0 Å². The molecule has 1 aromatic heterocycles. The number of aromatic amines is 1. The Morgan fingerprint density at radius 3 is 2.67 bits per heavy atom. The summed E-state index contributed by atoms with van der Waals surface area (Å²) in [6, 6.07) is 9.12. The predicted molar refractivity (Wildman–Crippen MR) is 70.7 cm³/mol. The molecule has 0 saturated carbocycles. The van der Waals surface area contributed by atoms with Crippen LogP contribution in [0.5, 0.6) is 0 Å². The van der Waals surface area contributed by atoms with E-state index in [1.54, 1.807) is 0 Å². The topological polar surface area (TPSA) is 66.0 Å². The summed E-state index contributed by atoms with van der Waals surface area (Å²) in [5.41, 5.74) is 2.59. The molecular weight excluding hydrogens is 252 g/mol. The van der Waals surface area contributed by atoms with Gasteiger partial charge in [-0.1, -0.05) is 36.4 Å². The summed E-state index contributed by atoms with van der Waals surface area (Å²) < 4.78 is 0. The van der Waals surface area contributed by atoms with Gasteiger partial charge in [0.25, 0.3) is 0 Å². The van der Waals surface area contributed by atoms with E-state index in [9.17, 15) is 4.79 Å². The summed E-state index contributed by atoms with van der Waals surface area (Å²) in [6.07, 6.45) is 3.78. The molecule has 0 fully saturated rings. The number of carboxylic acids is 1.